The van der Waals surface area contributed by atoms with Crippen LogP contribution in [0, 0.1) is 0 Å². The molecule has 0 aliphatic heterocycles. The number of hydrogen-bond acceptors (Lipinski definition) is 7. The Kier molecular flexibility index (Phi) is 7.76. The van der Waals surface area contributed by atoms with Crippen molar-refractivity contribution in [1.82, 2.24) is 0 Å². The van der Waals surface area contributed by atoms with Gasteiger partial charge in [0, 0.05) is 12.8 Å². The van der Waals surface area contributed by atoms with Gasteiger partial charge >= 0.3 is 0 Å². The third-order valence-electron chi connectivity index (χ3n) is 3.03. The van der Waals surface area contributed by atoms with Crippen LogP contribution in [0.5, 0.6) is 0 Å². The number of carbonyl (C=O) groups excluding carboxylic acids is 3. The van der Waals surface area contributed by atoms with Crippen molar-refractivity contribution < 1.29 is 29.7 Å². The average molecular weight is 311 g/mol. The molecule has 0 heterocycles. The van der Waals surface area contributed by atoms with E-state index in [4.69, 9.17) is 0 Å². The van der Waals surface area contributed by atoms with Crippen LogP contribution in [0.4, 0.5) is 0 Å². The van der Waals surface area contributed by atoms with E-state index in [-0.39, 0.29) is 11.1 Å². The summed E-state index contributed by atoms with van der Waals surface area (Å²) in [6, 6.07) is 0. The number of aliphatic hydroxyl groups is 3. The van der Waals surface area contributed by atoms with Crippen LogP contribution in [0.2, 0.25) is 0 Å². The van der Waals surface area contributed by atoms with Crippen molar-refractivity contribution in [1.29, 1.82) is 0 Å². The summed E-state index contributed by atoms with van der Waals surface area (Å²) in [6.45, 7) is 9.05. The van der Waals surface area contributed by atoms with Gasteiger partial charge in [0.2, 0.25) is 6.08 Å². The topological polar surface area (TPSA) is 124 Å². The molecule has 22 heavy (non-hydrogen) atoms. The first-order valence-corrected chi connectivity index (χ1v) is 6.55. The zero-order chi connectivity index (χ0) is 17.5. The zero-order valence-electron chi connectivity index (χ0n) is 12.7. The van der Waals surface area contributed by atoms with Gasteiger partial charge in [-0.2, -0.15) is 0 Å². The van der Waals surface area contributed by atoms with E-state index < -0.39 is 48.8 Å². The molecule has 0 aliphatic carbocycles. The van der Waals surface area contributed by atoms with Crippen molar-refractivity contribution in [3.05, 3.63) is 24.3 Å². The molecule has 2 atom stereocenters. The number of aliphatic hydroxyl groups excluding tert-OH is 2. The standard InChI is InChI=1S/C15H21NO6/c1-9(2)13(20)11(18)5-15(22,7-16-8-17)6-12(19)14(21)10(3)4/h11-12,18-19,22H,1,3,5-7H2,2,4H3. The van der Waals surface area contributed by atoms with Gasteiger partial charge in [0.15, 0.2) is 11.6 Å². The number of rotatable bonds is 10. The lowest BCUT2D eigenvalue weighted by molar-refractivity contribution is -0.131. The van der Waals surface area contributed by atoms with Gasteiger partial charge in [-0.15, -0.1) is 0 Å². The third kappa shape index (κ3) is 6.24. The van der Waals surface area contributed by atoms with E-state index in [2.05, 4.69) is 18.2 Å². The maximum absolute atomic E-state index is 11.6. The molecule has 0 aliphatic rings. The second kappa shape index (κ2) is 8.51. The molecule has 3 N–H and O–H groups in total. The van der Waals surface area contributed by atoms with E-state index in [1.807, 2.05) is 0 Å². The summed E-state index contributed by atoms with van der Waals surface area (Å²) in [5, 5.41) is 30.0. The molecule has 0 fully saturated rings. The van der Waals surface area contributed by atoms with Crippen molar-refractivity contribution in [2.75, 3.05) is 6.54 Å². The average Bonchev–Trinajstić information content (AvgIpc) is 2.42. The van der Waals surface area contributed by atoms with Gasteiger partial charge in [0.25, 0.3) is 0 Å². The molecule has 0 spiro atoms. The minimum Gasteiger partial charge on any atom is -0.388 e. The van der Waals surface area contributed by atoms with Crippen LogP contribution < -0.4 is 0 Å². The molecule has 0 aromatic carbocycles. The number of Topliss-reactive ketones (excluding diaryl/α,β-unsaturated/α-hetero) is 2. The van der Waals surface area contributed by atoms with Crippen molar-refractivity contribution in [2.45, 2.75) is 44.5 Å². The Balaban J connectivity index is 5.18. The van der Waals surface area contributed by atoms with Gasteiger partial charge in [-0.1, -0.05) is 13.2 Å². The van der Waals surface area contributed by atoms with Crippen molar-refractivity contribution in [2.24, 2.45) is 4.99 Å². The molecule has 7 nitrogen and oxygen atoms in total. The van der Waals surface area contributed by atoms with Crippen LogP contribution in [0.25, 0.3) is 0 Å². The zero-order valence-corrected chi connectivity index (χ0v) is 12.7. The number of aliphatic imine (C=N–C) groups is 1. The molecule has 122 valence electrons. The van der Waals surface area contributed by atoms with E-state index in [0.717, 1.165) is 0 Å². The smallest absolute Gasteiger partial charge is 0.235 e. The van der Waals surface area contributed by atoms with Crippen molar-refractivity contribution in [3.63, 3.8) is 0 Å². The van der Waals surface area contributed by atoms with Gasteiger partial charge < -0.3 is 15.3 Å². The molecule has 0 saturated heterocycles. The van der Waals surface area contributed by atoms with E-state index in [0.29, 0.717) is 0 Å². The van der Waals surface area contributed by atoms with Crippen molar-refractivity contribution >= 4 is 17.6 Å². The van der Waals surface area contributed by atoms with Gasteiger partial charge in [0.1, 0.15) is 12.2 Å². The van der Waals surface area contributed by atoms with E-state index in [9.17, 15) is 29.7 Å². The molecular formula is C15H21NO6. The Labute approximate surface area is 128 Å². The highest BCUT2D eigenvalue weighted by molar-refractivity contribution is 5.98. The highest BCUT2D eigenvalue weighted by Crippen LogP contribution is 2.23. The molecule has 0 aromatic rings. The van der Waals surface area contributed by atoms with Crippen LogP contribution in [-0.2, 0) is 14.4 Å². The lowest BCUT2D eigenvalue weighted by Gasteiger charge is -2.29. The van der Waals surface area contributed by atoms with E-state index >= 15 is 0 Å². The molecule has 2 unspecified atom stereocenters. The summed E-state index contributed by atoms with van der Waals surface area (Å²) >= 11 is 0. The maximum atomic E-state index is 11.6. The fraction of sp³-hybridized carbons (Fsp3) is 0.533. The summed E-state index contributed by atoms with van der Waals surface area (Å²) in [5.41, 5.74) is -1.74. The lowest BCUT2D eigenvalue weighted by atomic mass is 9.86. The van der Waals surface area contributed by atoms with Crippen LogP contribution >= 0.6 is 0 Å². The van der Waals surface area contributed by atoms with Gasteiger partial charge in [-0.25, -0.2) is 9.79 Å². The van der Waals surface area contributed by atoms with E-state index in [1.54, 1.807) is 0 Å². The monoisotopic (exact) mass is 311 g/mol. The first kappa shape index (κ1) is 20.1. The van der Waals surface area contributed by atoms with Gasteiger partial charge in [0.05, 0.1) is 12.1 Å². The maximum Gasteiger partial charge on any atom is 0.235 e. The minimum atomic E-state index is -1.92. The largest absolute Gasteiger partial charge is 0.388 e. The first-order chi connectivity index (χ1) is 10.0. The second-order valence-electron chi connectivity index (χ2n) is 5.36. The molecule has 7 heteroatoms. The van der Waals surface area contributed by atoms with Crippen molar-refractivity contribution in [3.8, 4) is 0 Å². The number of isocyanates is 1. The second-order valence-corrected chi connectivity index (χ2v) is 5.36. The highest BCUT2D eigenvalue weighted by Gasteiger charge is 2.36. The molecule has 0 bridgehead atoms. The Morgan fingerprint density at radius 1 is 1.09 bits per heavy atom. The predicted molar refractivity (Wildman–Crippen MR) is 78.8 cm³/mol. The van der Waals surface area contributed by atoms with Gasteiger partial charge in [-0.3, -0.25) is 9.59 Å². The molecule has 0 aromatic heterocycles. The van der Waals surface area contributed by atoms with Gasteiger partial charge in [-0.05, 0) is 25.0 Å². The fourth-order valence-corrected chi connectivity index (χ4v) is 1.87. The molecular weight excluding hydrogens is 290 g/mol. The van der Waals surface area contributed by atoms with Crippen LogP contribution in [0.15, 0.2) is 29.3 Å². The summed E-state index contributed by atoms with van der Waals surface area (Å²) in [5.74, 6) is -1.37. The Morgan fingerprint density at radius 3 is 1.73 bits per heavy atom. The molecule has 0 radical (unpaired) electrons. The molecule has 0 saturated carbocycles. The number of nitrogens with zero attached hydrogens (tertiary/aromatic N) is 1. The fourth-order valence-electron chi connectivity index (χ4n) is 1.87. The normalized spacial score (nSPS) is 15.9. The Hall–Kier alpha value is -1.92. The summed E-state index contributed by atoms with van der Waals surface area (Å²) in [7, 11) is 0. The quantitative estimate of drug-likeness (QED) is 0.293. The number of hydrogen-bond donors (Lipinski definition) is 3. The Bertz CT molecular complexity index is 484. The Morgan fingerprint density at radius 2 is 1.45 bits per heavy atom. The third-order valence-corrected chi connectivity index (χ3v) is 3.03. The van der Waals surface area contributed by atoms with Crippen LogP contribution in [0.3, 0.4) is 0 Å². The highest BCUT2D eigenvalue weighted by atomic mass is 16.3. The first-order valence-electron chi connectivity index (χ1n) is 6.55. The summed E-state index contributed by atoms with van der Waals surface area (Å²) < 4.78 is 0. The lowest BCUT2D eigenvalue weighted by Crippen LogP contribution is -2.44. The van der Waals surface area contributed by atoms with Crippen LogP contribution in [0.1, 0.15) is 26.7 Å². The van der Waals surface area contributed by atoms with E-state index in [1.165, 1.54) is 19.9 Å². The summed E-state index contributed by atoms with van der Waals surface area (Å²) in [6.07, 6.45) is -2.97. The van der Waals surface area contributed by atoms with Crippen LogP contribution in [-0.4, -0.2) is 57.3 Å². The SMILES string of the molecule is C=C(C)C(=O)C(O)CC(O)(CN=C=O)CC(O)C(=O)C(=C)C. The number of carbonyl (C=O) groups is 2. The number of ketones is 2. The summed E-state index contributed by atoms with van der Waals surface area (Å²) in [4.78, 5) is 36.7. The molecule has 0 rings (SSSR count). The minimum absolute atomic E-state index is 0.0901. The molecule has 0 amide bonds. The predicted octanol–water partition coefficient (Wildman–Crippen LogP) is -0.154.